The van der Waals surface area contributed by atoms with Crippen LogP contribution in [0.15, 0.2) is 24.3 Å². The molecule has 4 heteroatoms. The molecule has 0 spiro atoms. The highest BCUT2D eigenvalue weighted by Crippen LogP contribution is 2.19. The molecule has 110 valence electrons. The number of aryl methyl sites for hydroxylation is 1. The van der Waals surface area contributed by atoms with E-state index in [0.717, 1.165) is 37.2 Å². The van der Waals surface area contributed by atoms with Crippen molar-refractivity contribution in [2.45, 2.75) is 38.2 Å². The van der Waals surface area contributed by atoms with Crippen molar-refractivity contribution in [3.8, 4) is 5.75 Å². The zero-order valence-electron chi connectivity index (χ0n) is 12.0. The molecule has 0 amide bonds. The standard InChI is InChI=1S/C16H23NO3/c1-17-11-2-3-14(10-12-17)20-15-7-4-13(5-8-15)6-9-16(18)19/h4-5,7-8,14H,2-3,6,9-12H2,1H3,(H,18,19). The second kappa shape index (κ2) is 7.29. The van der Waals surface area contributed by atoms with Gasteiger partial charge >= 0.3 is 5.97 Å². The summed E-state index contributed by atoms with van der Waals surface area (Å²) >= 11 is 0. The zero-order valence-corrected chi connectivity index (χ0v) is 12.0. The van der Waals surface area contributed by atoms with Crippen molar-refractivity contribution < 1.29 is 14.6 Å². The third kappa shape index (κ3) is 4.85. The molecule has 1 N–H and O–H groups in total. The van der Waals surface area contributed by atoms with Crippen LogP contribution in [0.5, 0.6) is 5.75 Å². The molecule has 1 aliphatic heterocycles. The third-order valence-corrected chi connectivity index (χ3v) is 3.75. The average molecular weight is 277 g/mol. The van der Waals surface area contributed by atoms with Gasteiger partial charge in [0.1, 0.15) is 5.75 Å². The maximum atomic E-state index is 10.5. The van der Waals surface area contributed by atoms with Crippen molar-refractivity contribution in [2.75, 3.05) is 20.1 Å². The van der Waals surface area contributed by atoms with Gasteiger partial charge in [-0.25, -0.2) is 0 Å². The lowest BCUT2D eigenvalue weighted by molar-refractivity contribution is -0.136. The summed E-state index contributed by atoms with van der Waals surface area (Å²) in [6, 6.07) is 7.82. The van der Waals surface area contributed by atoms with Crippen molar-refractivity contribution in [3.63, 3.8) is 0 Å². The summed E-state index contributed by atoms with van der Waals surface area (Å²) in [6.45, 7) is 2.23. The van der Waals surface area contributed by atoms with Gasteiger partial charge in [-0.05, 0) is 57.0 Å². The highest BCUT2D eigenvalue weighted by Gasteiger charge is 2.16. The topological polar surface area (TPSA) is 49.8 Å². The van der Waals surface area contributed by atoms with Crippen LogP contribution in [-0.4, -0.2) is 42.2 Å². The van der Waals surface area contributed by atoms with Gasteiger partial charge < -0.3 is 14.7 Å². The minimum absolute atomic E-state index is 0.176. The van der Waals surface area contributed by atoms with Gasteiger partial charge in [-0.2, -0.15) is 0 Å². The molecule has 0 aromatic heterocycles. The first-order valence-corrected chi connectivity index (χ1v) is 7.29. The molecule has 0 saturated carbocycles. The van der Waals surface area contributed by atoms with Gasteiger partial charge in [-0.15, -0.1) is 0 Å². The SMILES string of the molecule is CN1CCCC(Oc2ccc(CCC(=O)O)cc2)CC1. The molecule has 4 nitrogen and oxygen atoms in total. The van der Waals surface area contributed by atoms with Crippen LogP contribution in [0.3, 0.4) is 0 Å². The van der Waals surface area contributed by atoms with Crippen molar-refractivity contribution in [1.29, 1.82) is 0 Å². The highest BCUT2D eigenvalue weighted by atomic mass is 16.5. The number of nitrogens with zero attached hydrogens (tertiary/aromatic N) is 1. The maximum Gasteiger partial charge on any atom is 0.303 e. The normalized spacial score (nSPS) is 20.4. The van der Waals surface area contributed by atoms with E-state index in [1.165, 1.54) is 6.42 Å². The van der Waals surface area contributed by atoms with Gasteiger partial charge in [0.25, 0.3) is 0 Å². The van der Waals surface area contributed by atoms with Crippen LogP contribution in [0.2, 0.25) is 0 Å². The van der Waals surface area contributed by atoms with Crippen molar-refractivity contribution >= 4 is 5.97 Å². The van der Waals surface area contributed by atoms with Crippen LogP contribution >= 0.6 is 0 Å². The lowest BCUT2D eigenvalue weighted by Crippen LogP contribution is -2.21. The summed E-state index contributed by atoms with van der Waals surface area (Å²) in [5, 5.41) is 8.67. The lowest BCUT2D eigenvalue weighted by atomic mass is 10.1. The van der Waals surface area contributed by atoms with Crippen LogP contribution in [-0.2, 0) is 11.2 Å². The number of benzene rings is 1. The van der Waals surface area contributed by atoms with E-state index in [-0.39, 0.29) is 6.42 Å². The Labute approximate surface area is 120 Å². The van der Waals surface area contributed by atoms with Gasteiger partial charge in [0.15, 0.2) is 0 Å². The van der Waals surface area contributed by atoms with Crippen LogP contribution in [0.4, 0.5) is 0 Å². The Morgan fingerprint density at radius 2 is 2.05 bits per heavy atom. The predicted octanol–water partition coefficient (Wildman–Crippen LogP) is 2.57. The first-order valence-electron chi connectivity index (χ1n) is 7.29. The third-order valence-electron chi connectivity index (χ3n) is 3.75. The van der Waals surface area contributed by atoms with E-state index in [4.69, 9.17) is 9.84 Å². The first-order chi connectivity index (χ1) is 9.63. The largest absolute Gasteiger partial charge is 0.490 e. The number of hydrogen-bond donors (Lipinski definition) is 1. The van der Waals surface area contributed by atoms with Crippen molar-refractivity contribution in [1.82, 2.24) is 4.90 Å². The molecule has 1 aliphatic rings. The fourth-order valence-corrected chi connectivity index (χ4v) is 2.51. The van der Waals surface area contributed by atoms with E-state index in [2.05, 4.69) is 11.9 Å². The highest BCUT2D eigenvalue weighted by molar-refractivity contribution is 5.67. The number of hydrogen-bond acceptors (Lipinski definition) is 3. The Morgan fingerprint density at radius 3 is 2.75 bits per heavy atom. The molecule has 1 aromatic carbocycles. The average Bonchev–Trinajstić information content (AvgIpc) is 2.63. The lowest BCUT2D eigenvalue weighted by Gasteiger charge is -2.17. The van der Waals surface area contributed by atoms with Crippen molar-refractivity contribution in [2.24, 2.45) is 0 Å². The molecule has 1 heterocycles. The Morgan fingerprint density at radius 1 is 1.30 bits per heavy atom. The quantitative estimate of drug-likeness (QED) is 0.898. The minimum Gasteiger partial charge on any atom is -0.490 e. The molecule has 1 saturated heterocycles. The number of aliphatic carboxylic acids is 1. The molecule has 1 fully saturated rings. The Hall–Kier alpha value is -1.55. The van der Waals surface area contributed by atoms with E-state index >= 15 is 0 Å². The number of carbonyl (C=O) groups is 1. The van der Waals surface area contributed by atoms with Gasteiger partial charge in [-0.3, -0.25) is 4.79 Å². The molecule has 0 aliphatic carbocycles. The van der Waals surface area contributed by atoms with E-state index in [9.17, 15) is 4.79 Å². The second-order valence-corrected chi connectivity index (χ2v) is 5.51. The van der Waals surface area contributed by atoms with Crippen LogP contribution < -0.4 is 4.74 Å². The second-order valence-electron chi connectivity index (χ2n) is 5.51. The molecule has 0 radical (unpaired) electrons. The fourth-order valence-electron chi connectivity index (χ4n) is 2.51. The monoisotopic (exact) mass is 277 g/mol. The number of rotatable bonds is 5. The van der Waals surface area contributed by atoms with Crippen LogP contribution in [0.1, 0.15) is 31.2 Å². The summed E-state index contributed by atoms with van der Waals surface area (Å²) in [7, 11) is 2.15. The number of ether oxygens (including phenoxy) is 1. The predicted molar refractivity (Wildman–Crippen MR) is 78.2 cm³/mol. The molecular formula is C16H23NO3. The molecule has 1 aromatic rings. The van der Waals surface area contributed by atoms with E-state index in [1.807, 2.05) is 24.3 Å². The zero-order chi connectivity index (χ0) is 14.4. The Balaban J connectivity index is 1.85. The fraction of sp³-hybridized carbons (Fsp3) is 0.562. The van der Waals surface area contributed by atoms with Gasteiger partial charge in [-0.1, -0.05) is 12.1 Å². The Bertz CT molecular complexity index is 430. The molecule has 1 unspecified atom stereocenters. The van der Waals surface area contributed by atoms with E-state index in [1.54, 1.807) is 0 Å². The first kappa shape index (κ1) is 14.9. The molecule has 20 heavy (non-hydrogen) atoms. The van der Waals surface area contributed by atoms with E-state index in [0.29, 0.717) is 12.5 Å². The van der Waals surface area contributed by atoms with Gasteiger partial charge in [0.05, 0.1) is 6.10 Å². The van der Waals surface area contributed by atoms with E-state index < -0.39 is 5.97 Å². The summed E-state index contributed by atoms with van der Waals surface area (Å²) in [5.41, 5.74) is 1.04. The Kier molecular flexibility index (Phi) is 5.41. The minimum atomic E-state index is -0.757. The summed E-state index contributed by atoms with van der Waals surface area (Å²) in [6.07, 6.45) is 4.39. The number of likely N-dealkylation sites (tertiary alicyclic amines) is 1. The number of carboxylic acid groups (broad SMARTS) is 1. The van der Waals surface area contributed by atoms with Gasteiger partial charge in [0.2, 0.25) is 0 Å². The smallest absolute Gasteiger partial charge is 0.303 e. The molecular weight excluding hydrogens is 254 g/mol. The molecule has 1 atom stereocenters. The number of carboxylic acids is 1. The van der Waals surface area contributed by atoms with Crippen LogP contribution in [0.25, 0.3) is 0 Å². The summed E-state index contributed by atoms with van der Waals surface area (Å²) in [4.78, 5) is 12.9. The molecule has 2 rings (SSSR count). The van der Waals surface area contributed by atoms with Crippen LogP contribution in [0, 0.1) is 0 Å². The summed E-state index contributed by atoms with van der Waals surface area (Å²) in [5.74, 6) is 0.131. The van der Waals surface area contributed by atoms with Crippen molar-refractivity contribution in [3.05, 3.63) is 29.8 Å². The maximum absolute atomic E-state index is 10.5. The van der Waals surface area contributed by atoms with Gasteiger partial charge in [0, 0.05) is 13.0 Å². The summed E-state index contributed by atoms with van der Waals surface area (Å²) < 4.78 is 6.02. The molecule has 0 bridgehead atoms.